The molecule has 1 aromatic carbocycles. The molecule has 0 aliphatic heterocycles. The van der Waals surface area contributed by atoms with E-state index < -0.39 is 6.04 Å². The van der Waals surface area contributed by atoms with Crippen molar-refractivity contribution in [2.75, 3.05) is 6.54 Å². The SMILES string of the molecule is CC(C)[C@H](N)C(=O)NCC(=O)NC1(c2ccccc2)CCCC1.Cl. The second-order valence-corrected chi connectivity index (χ2v) is 6.69. The largest absolute Gasteiger partial charge is 0.346 e. The van der Waals surface area contributed by atoms with Crippen LogP contribution in [0.2, 0.25) is 0 Å². The summed E-state index contributed by atoms with van der Waals surface area (Å²) in [5.74, 6) is -0.404. The van der Waals surface area contributed by atoms with Gasteiger partial charge in [-0.25, -0.2) is 0 Å². The molecule has 1 fully saturated rings. The number of carbonyl (C=O) groups excluding carboxylic acids is 2. The molecule has 0 spiro atoms. The Morgan fingerprint density at radius 2 is 1.75 bits per heavy atom. The molecule has 0 unspecified atom stereocenters. The molecule has 1 atom stereocenters. The summed E-state index contributed by atoms with van der Waals surface area (Å²) in [4.78, 5) is 24.2. The summed E-state index contributed by atoms with van der Waals surface area (Å²) in [6.07, 6.45) is 4.06. The highest BCUT2D eigenvalue weighted by Gasteiger charge is 2.36. The van der Waals surface area contributed by atoms with Crippen LogP contribution >= 0.6 is 12.4 Å². The van der Waals surface area contributed by atoms with Crippen LogP contribution in [0, 0.1) is 5.92 Å². The van der Waals surface area contributed by atoms with Gasteiger partial charge in [0.2, 0.25) is 11.8 Å². The first-order chi connectivity index (χ1) is 10.9. The number of nitrogens with two attached hydrogens (primary N) is 1. The molecule has 0 radical (unpaired) electrons. The van der Waals surface area contributed by atoms with Gasteiger partial charge >= 0.3 is 0 Å². The van der Waals surface area contributed by atoms with Crippen LogP contribution in [0.5, 0.6) is 0 Å². The summed E-state index contributed by atoms with van der Waals surface area (Å²) in [7, 11) is 0. The van der Waals surface area contributed by atoms with E-state index in [-0.39, 0.29) is 42.2 Å². The molecule has 1 aromatic rings. The maximum atomic E-state index is 12.3. The van der Waals surface area contributed by atoms with Gasteiger partial charge < -0.3 is 16.4 Å². The molecule has 0 saturated heterocycles. The molecule has 0 heterocycles. The molecule has 0 bridgehead atoms. The van der Waals surface area contributed by atoms with E-state index in [1.54, 1.807) is 0 Å². The van der Waals surface area contributed by atoms with E-state index in [4.69, 9.17) is 5.73 Å². The van der Waals surface area contributed by atoms with Crippen LogP contribution in [0.25, 0.3) is 0 Å². The first-order valence-corrected chi connectivity index (χ1v) is 8.34. The number of halogens is 1. The Morgan fingerprint density at radius 1 is 1.17 bits per heavy atom. The summed E-state index contributed by atoms with van der Waals surface area (Å²) in [5.41, 5.74) is 6.62. The van der Waals surface area contributed by atoms with Gasteiger partial charge in [0.05, 0.1) is 18.1 Å². The highest BCUT2D eigenvalue weighted by atomic mass is 35.5. The van der Waals surface area contributed by atoms with Gasteiger partial charge in [-0.05, 0) is 24.3 Å². The van der Waals surface area contributed by atoms with Crippen molar-refractivity contribution in [2.24, 2.45) is 11.7 Å². The van der Waals surface area contributed by atoms with Gasteiger partial charge in [-0.15, -0.1) is 12.4 Å². The van der Waals surface area contributed by atoms with E-state index in [0.29, 0.717) is 0 Å². The minimum atomic E-state index is -0.586. The highest BCUT2D eigenvalue weighted by molar-refractivity contribution is 5.87. The third kappa shape index (κ3) is 4.95. The summed E-state index contributed by atoms with van der Waals surface area (Å²) < 4.78 is 0. The lowest BCUT2D eigenvalue weighted by atomic mass is 9.88. The molecule has 0 aromatic heterocycles. The zero-order valence-corrected chi connectivity index (χ0v) is 15.2. The predicted octanol–water partition coefficient (Wildman–Crippen LogP) is 2.09. The molecular formula is C18H28ClN3O2. The molecule has 1 aliphatic carbocycles. The fourth-order valence-electron chi connectivity index (χ4n) is 3.12. The maximum absolute atomic E-state index is 12.3. The quantitative estimate of drug-likeness (QED) is 0.732. The van der Waals surface area contributed by atoms with Gasteiger partial charge in [0.25, 0.3) is 0 Å². The minimum Gasteiger partial charge on any atom is -0.346 e. The smallest absolute Gasteiger partial charge is 0.240 e. The van der Waals surface area contributed by atoms with Gasteiger partial charge in [0.1, 0.15) is 0 Å². The van der Waals surface area contributed by atoms with Crippen LogP contribution in [-0.4, -0.2) is 24.4 Å². The number of hydrogen-bond acceptors (Lipinski definition) is 3. The molecule has 6 heteroatoms. The number of carbonyl (C=O) groups is 2. The van der Waals surface area contributed by atoms with Gasteiger partial charge in [-0.3, -0.25) is 9.59 Å². The summed E-state index contributed by atoms with van der Waals surface area (Å²) in [6.45, 7) is 3.73. The lowest BCUT2D eigenvalue weighted by Gasteiger charge is -2.31. The second-order valence-electron chi connectivity index (χ2n) is 6.69. The van der Waals surface area contributed by atoms with Crippen molar-refractivity contribution in [3.8, 4) is 0 Å². The summed E-state index contributed by atoms with van der Waals surface area (Å²) in [5, 5.41) is 5.77. The first-order valence-electron chi connectivity index (χ1n) is 8.34. The monoisotopic (exact) mass is 353 g/mol. The molecule has 2 amide bonds. The Balaban J connectivity index is 0.00000288. The van der Waals surface area contributed by atoms with Crippen molar-refractivity contribution < 1.29 is 9.59 Å². The van der Waals surface area contributed by atoms with Crippen molar-refractivity contribution in [3.63, 3.8) is 0 Å². The third-order valence-electron chi connectivity index (χ3n) is 4.61. The van der Waals surface area contributed by atoms with Crippen molar-refractivity contribution in [3.05, 3.63) is 35.9 Å². The third-order valence-corrected chi connectivity index (χ3v) is 4.61. The second kappa shape index (κ2) is 9.04. The molecule has 1 saturated carbocycles. The number of hydrogen-bond donors (Lipinski definition) is 3. The standard InChI is InChI=1S/C18H27N3O2.ClH/c1-13(2)16(19)17(23)20-12-15(22)21-18(10-6-7-11-18)14-8-4-3-5-9-14;/h3-5,8-9,13,16H,6-7,10-12,19H2,1-2H3,(H,20,23)(H,21,22);1H/t16-;/m0./s1. The fourth-order valence-corrected chi connectivity index (χ4v) is 3.12. The average molecular weight is 354 g/mol. The molecule has 1 aliphatic rings. The van der Waals surface area contributed by atoms with E-state index in [2.05, 4.69) is 22.8 Å². The van der Waals surface area contributed by atoms with Gasteiger partial charge in [-0.2, -0.15) is 0 Å². The zero-order chi connectivity index (χ0) is 16.9. The van der Waals surface area contributed by atoms with Crippen LogP contribution in [0.4, 0.5) is 0 Å². The van der Waals surface area contributed by atoms with Crippen LogP contribution in [0.15, 0.2) is 30.3 Å². The number of nitrogens with one attached hydrogen (secondary N) is 2. The first kappa shape index (κ1) is 20.5. The van der Waals surface area contributed by atoms with Crippen molar-refractivity contribution in [1.29, 1.82) is 0 Å². The van der Waals surface area contributed by atoms with E-state index in [1.165, 1.54) is 0 Å². The van der Waals surface area contributed by atoms with Crippen molar-refractivity contribution in [1.82, 2.24) is 10.6 Å². The average Bonchev–Trinajstić information content (AvgIpc) is 3.02. The lowest BCUT2D eigenvalue weighted by Crippen LogP contribution is -2.51. The molecule has 2 rings (SSSR count). The van der Waals surface area contributed by atoms with Crippen LogP contribution in [0.3, 0.4) is 0 Å². The Hall–Kier alpha value is -1.59. The lowest BCUT2D eigenvalue weighted by molar-refractivity contribution is -0.128. The Bertz CT molecular complexity index is 542. The highest BCUT2D eigenvalue weighted by Crippen LogP contribution is 2.38. The maximum Gasteiger partial charge on any atom is 0.240 e. The van der Waals surface area contributed by atoms with E-state index in [9.17, 15) is 9.59 Å². The fraction of sp³-hybridized carbons (Fsp3) is 0.556. The van der Waals surface area contributed by atoms with E-state index in [1.807, 2.05) is 32.0 Å². The van der Waals surface area contributed by atoms with Crippen molar-refractivity contribution >= 4 is 24.2 Å². The van der Waals surface area contributed by atoms with Gasteiger partial charge in [-0.1, -0.05) is 57.0 Å². The topological polar surface area (TPSA) is 84.2 Å². The summed E-state index contributed by atoms with van der Waals surface area (Å²) >= 11 is 0. The van der Waals surface area contributed by atoms with E-state index in [0.717, 1.165) is 31.2 Å². The Morgan fingerprint density at radius 3 is 2.29 bits per heavy atom. The van der Waals surface area contributed by atoms with Gasteiger partial charge in [0, 0.05) is 0 Å². The molecule has 134 valence electrons. The predicted molar refractivity (Wildman–Crippen MR) is 97.8 cm³/mol. The molecular weight excluding hydrogens is 326 g/mol. The Labute approximate surface area is 150 Å². The minimum absolute atomic E-state index is 0. The van der Waals surface area contributed by atoms with Crippen LogP contribution in [-0.2, 0) is 15.1 Å². The zero-order valence-electron chi connectivity index (χ0n) is 14.4. The molecule has 5 nitrogen and oxygen atoms in total. The van der Waals surface area contributed by atoms with Gasteiger partial charge in [0.15, 0.2) is 0 Å². The number of rotatable bonds is 6. The summed E-state index contributed by atoms with van der Waals surface area (Å²) in [6, 6.07) is 9.48. The number of amides is 2. The van der Waals surface area contributed by atoms with Crippen molar-refractivity contribution in [2.45, 2.75) is 51.1 Å². The normalized spacial score (nSPS) is 17.0. The Kier molecular flexibility index (Phi) is 7.70. The molecule has 24 heavy (non-hydrogen) atoms. The van der Waals surface area contributed by atoms with Crippen LogP contribution in [0.1, 0.15) is 45.1 Å². The molecule has 4 N–H and O–H groups in total. The van der Waals surface area contributed by atoms with Crippen LogP contribution < -0.4 is 16.4 Å². The number of benzene rings is 1. The van der Waals surface area contributed by atoms with E-state index >= 15 is 0 Å².